The van der Waals surface area contributed by atoms with E-state index in [9.17, 15) is 24.8 Å². The highest BCUT2D eigenvalue weighted by Crippen LogP contribution is 2.42. The summed E-state index contributed by atoms with van der Waals surface area (Å²) in [4.78, 5) is 41.7. The third kappa shape index (κ3) is 3.34. The van der Waals surface area contributed by atoms with Crippen molar-refractivity contribution in [2.24, 2.45) is 0 Å². The van der Waals surface area contributed by atoms with Crippen LogP contribution < -0.4 is 4.90 Å². The van der Waals surface area contributed by atoms with Gasteiger partial charge in [-0.3, -0.25) is 24.6 Å². The van der Waals surface area contributed by atoms with E-state index in [2.05, 4.69) is 4.98 Å². The van der Waals surface area contributed by atoms with E-state index in [1.807, 2.05) is 0 Å². The van der Waals surface area contributed by atoms with Gasteiger partial charge >= 0.3 is 0 Å². The molecule has 1 unspecified atom stereocenters. The summed E-state index contributed by atoms with van der Waals surface area (Å²) in [6.07, 6.45) is 1.45. The maximum Gasteiger partial charge on any atom is 0.294 e. The first kappa shape index (κ1) is 19.7. The third-order valence-electron chi connectivity index (χ3n) is 4.60. The van der Waals surface area contributed by atoms with Gasteiger partial charge in [-0.2, -0.15) is 0 Å². The number of nitro groups is 1. The van der Waals surface area contributed by atoms with Crippen LogP contribution in [0.25, 0.3) is 0 Å². The van der Waals surface area contributed by atoms with E-state index >= 15 is 0 Å². The number of halogens is 1. The second-order valence-electron chi connectivity index (χ2n) is 6.33. The largest absolute Gasteiger partial charge is 0.503 e. The van der Waals surface area contributed by atoms with Crippen LogP contribution in [0.1, 0.15) is 21.4 Å². The van der Waals surface area contributed by atoms with Gasteiger partial charge in [0, 0.05) is 34.4 Å². The van der Waals surface area contributed by atoms with Crippen LogP contribution in [-0.4, -0.2) is 26.7 Å². The zero-order valence-corrected chi connectivity index (χ0v) is 16.6. The standard InChI is InChI=1S/C20H12ClN3O5S/c21-12-3-7-13(8-4-12)23-16(11-1-5-14(6-2-11)24(28)29)15(18(26)20(23)27)17(25)19-22-9-10-30-19/h1-10,16,26H. The van der Waals surface area contributed by atoms with Crippen LogP contribution in [0.15, 0.2) is 71.4 Å². The molecule has 1 aliphatic rings. The summed E-state index contributed by atoms with van der Waals surface area (Å²) >= 11 is 7.02. The first-order valence-corrected chi connectivity index (χ1v) is 9.85. The molecule has 1 N–H and O–H groups in total. The molecule has 0 bridgehead atoms. The molecule has 2 aromatic carbocycles. The minimum atomic E-state index is -0.990. The number of nitro benzene ring substituents is 1. The van der Waals surface area contributed by atoms with Gasteiger partial charge in [0.1, 0.15) is 0 Å². The van der Waals surface area contributed by atoms with Crippen molar-refractivity contribution >= 4 is 46.0 Å². The van der Waals surface area contributed by atoms with E-state index in [1.54, 1.807) is 29.6 Å². The van der Waals surface area contributed by atoms with Crippen LogP contribution in [0, 0.1) is 10.1 Å². The van der Waals surface area contributed by atoms with Gasteiger partial charge in [-0.05, 0) is 42.0 Å². The number of non-ortho nitro benzene ring substituents is 1. The number of amides is 1. The second kappa shape index (κ2) is 7.69. The van der Waals surface area contributed by atoms with Gasteiger partial charge in [-0.25, -0.2) is 4.98 Å². The van der Waals surface area contributed by atoms with Crippen LogP contribution >= 0.6 is 22.9 Å². The van der Waals surface area contributed by atoms with Gasteiger partial charge in [0.25, 0.3) is 11.6 Å². The molecule has 0 saturated carbocycles. The van der Waals surface area contributed by atoms with Crippen molar-refractivity contribution in [2.45, 2.75) is 6.04 Å². The normalized spacial score (nSPS) is 16.2. The topological polar surface area (TPSA) is 114 Å². The fraction of sp³-hybridized carbons (Fsp3) is 0.0500. The van der Waals surface area contributed by atoms with Gasteiger partial charge in [-0.15, -0.1) is 11.3 Å². The number of aromatic nitrogens is 1. The molecule has 1 aromatic heterocycles. The molecule has 8 nitrogen and oxygen atoms in total. The summed E-state index contributed by atoms with van der Waals surface area (Å²) in [6, 6.07) is 10.8. The maximum atomic E-state index is 13.1. The predicted octanol–water partition coefficient (Wildman–Crippen LogP) is 4.49. The molecule has 1 atom stereocenters. The SMILES string of the molecule is O=C(C1=C(O)C(=O)N(c2ccc(Cl)cc2)C1c1ccc([N+](=O)[O-])cc1)c1nccs1. The summed E-state index contributed by atoms with van der Waals surface area (Å²) in [6.45, 7) is 0. The lowest BCUT2D eigenvalue weighted by Crippen LogP contribution is -2.31. The minimum Gasteiger partial charge on any atom is -0.503 e. The molecule has 1 aliphatic heterocycles. The number of ketones is 1. The Hall–Kier alpha value is -3.56. The van der Waals surface area contributed by atoms with Crippen LogP contribution in [0.2, 0.25) is 5.02 Å². The third-order valence-corrected chi connectivity index (χ3v) is 5.63. The number of thiazole rings is 1. The Balaban J connectivity index is 1.86. The number of hydrogen-bond acceptors (Lipinski definition) is 7. The molecule has 2 heterocycles. The molecule has 0 radical (unpaired) electrons. The zero-order valence-electron chi connectivity index (χ0n) is 15.1. The van der Waals surface area contributed by atoms with E-state index in [0.717, 1.165) is 11.3 Å². The van der Waals surface area contributed by atoms with Crippen LogP contribution in [0.5, 0.6) is 0 Å². The summed E-state index contributed by atoms with van der Waals surface area (Å²) in [5, 5.41) is 23.8. The number of nitrogens with zero attached hydrogens (tertiary/aromatic N) is 3. The van der Waals surface area contributed by atoms with Gasteiger partial charge in [0.2, 0.25) is 5.78 Å². The molecule has 1 amide bonds. The van der Waals surface area contributed by atoms with E-state index in [4.69, 9.17) is 11.6 Å². The summed E-state index contributed by atoms with van der Waals surface area (Å²) in [5.41, 5.74) is 0.551. The van der Waals surface area contributed by atoms with Crippen molar-refractivity contribution in [3.63, 3.8) is 0 Å². The van der Waals surface area contributed by atoms with Crippen molar-refractivity contribution in [1.82, 2.24) is 4.98 Å². The average molecular weight is 442 g/mol. The number of hydrogen-bond donors (Lipinski definition) is 1. The van der Waals surface area contributed by atoms with Crippen molar-refractivity contribution < 1.29 is 19.6 Å². The minimum absolute atomic E-state index is 0.120. The second-order valence-corrected chi connectivity index (χ2v) is 7.66. The summed E-state index contributed by atoms with van der Waals surface area (Å²) < 4.78 is 0. The number of Topliss-reactive ketones (excluding diaryl/α,β-unsaturated/α-hetero) is 1. The van der Waals surface area contributed by atoms with Crippen LogP contribution in [0.3, 0.4) is 0 Å². The lowest BCUT2D eigenvalue weighted by molar-refractivity contribution is -0.384. The van der Waals surface area contributed by atoms with E-state index in [1.165, 1.54) is 35.4 Å². The van der Waals surface area contributed by atoms with Gasteiger partial charge in [0.05, 0.1) is 16.5 Å². The molecule has 4 rings (SSSR count). The number of aliphatic hydroxyl groups excluding tert-OH is 1. The Kier molecular flexibility index (Phi) is 5.06. The number of anilines is 1. The molecular weight excluding hydrogens is 430 g/mol. The summed E-state index contributed by atoms with van der Waals surface area (Å²) in [5.74, 6) is -2.04. The Labute approximate surface area is 178 Å². The maximum absolute atomic E-state index is 13.1. The molecule has 0 aliphatic carbocycles. The molecule has 150 valence electrons. The molecule has 0 saturated heterocycles. The van der Waals surface area contributed by atoms with Crippen LogP contribution in [-0.2, 0) is 4.79 Å². The molecular formula is C20H12ClN3O5S. The zero-order chi connectivity index (χ0) is 21.4. The van der Waals surface area contributed by atoms with E-state index < -0.39 is 28.4 Å². The van der Waals surface area contributed by atoms with E-state index in [0.29, 0.717) is 16.3 Å². The van der Waals surface area contributed by atoms with Crippen molar-refractivity contribution in [3.05, 3.63) is 97.1 Å². The van der Waals surface area contributed by atoms with Crippen LogP contribution in [0.4, 0.5) is 11.4 Å². The van der Waals surface area contributed by atoms with Gasteiger partial charge < -0.3 is 5.11 Å². The first-order chi connectivity index (χ1) is 14.4. The Morgan fingerprint density at radius 3 is 2.40 bits per heavy atom. The Morgan fingerprint density at radius 2 is 1.83 bits per heavy atom. The Bertz CT molecular complexity index is 1170. The smallest absolute Gasteiger partial charge is 0.294 e. The van der Waals surface area contributed by atoms with Crippen molar-refractivity contribution in [3.8, 4) is 0 Å². The van der Waals surface area contributed by atoms with Gasteiger partial charge in [-0.1, -0.05) is 11.6 Å². The highest BCUT2D eigenvalue weighted by molar-refractivity contribution is 7.11. The molecule has 30 heavy (non-hydrogen) atoms. The van der Waals surface area contributed by atoms with Crippen molar-refractivity contribution in [1.29, 1.82) is 0 Å². The number of carbonyl (C=O) groups excluding carboxylic acids is 2. The number of carbonyl (C=O) groups is 2. The number of aliphatic hydroxyl groups is 1. The Morgan fingerprint density at radius 1 is 1.17 bits per heavy atom. The first-order valence-electron chi connectivity index (χ1n) is 8.59. The highest BCUT2D eigenvalue weighted by atomic mass is 35.5. The predicted molar refractivity (Wildman–Crippen MR) is 111 cm³/mol. The molecule has 10 heteroatoms. The monoisotopic (exact) mass is 441 g/mol. The molecule has 0 spiro atoms. The molecule has 3 aromatic rings. The molecule has 0 fully saturated rings. The summed E-state index contributed by atoms with van der Waals surface area (Å²) in [7, 11) is 0. The lowest BCUT2D eigenvalue weighted by Gasteiger charge is -2.26. The fourth-order valence-electron chi connectivity index (χ4n) is 3.25. The van der Waals surface area contributed by atoms with Crippen molar-refractivity contribution in [2.75, 3.05) is 4.90 Å². The highest BCUT2D eigenvalue weighted by Gasteiger charge is 2.45. The fourth-order valence-corrected chi connectivity index (χ4v) is 3.97. The number of rotatable bonds is 5. The van der Waals surface area contributed by atoms with Gasteiger partial charge in [0.15, 0.2) is 10.8 Å². The average Bonchev–Trinajstić information content (AvgIpc) is 3.36. The number of benzene rings is 2. The lowest BCUT2D eigenvalue weighted by atomic mass is 9.95. The quantitative estimate of drug-likeness (QED) is 0.354. The van der Waals surface area contributed by atoms with E-state index in [-0.39, 0.29) is 16.3 Å².